The van der Waals surface area contributed by atoms with Gasteiger partial charge < -0.3 is 28.6 Å². The molecule has 0 saturated carbocycles. The minimum absolute atomic E-state index is 0.0456. The van der Waals surface area contributed by atoms with Crippen LogP contribution in [0.2, 0.25) is 0 Å². The Labute approximate surface area is 236 Å². The van der Waals surface area contributed by atoms with Crippen LogP contribution in [0, 0.1) is 41.5 Å². The normalized spacial score (nSPS) is 11.5. The van der Waals surface area contributed by atoms with Gasteiger partial charge in [-0.15, -0.1) is 0 Å². The molecule has 9 nitrogen and oxygen atoms in total. The number of aliphatic hydroxyl groups excluding tert-OH is 1. The Kier molecular flexibility index (Phi) is 13.4. The molecule has 0 spiro atoms. The molecule has 0 aliphatic heterocycles. The number of ether oxygens (including phenoxy) is 4. The maximum absolute atomic E-state index is 14.4. The van der Waals surface area contributed by atoms with Crippen LogP contribution in [-0.2, 0) is 28.3 Å². The van der Waals surface area contributed by atoms with E-state index >= 15 is 0 Å². The van der Waals surface area contributed by atoms with Crippen molar-refractivity contribution in [2.75, 3.05) is 59.0 Å². The number of hydrogen-bond donors (Lipinski definition) is 1. The van der Waals surface area contributed by atoms with E-state index in [4.69, 9.17) is 24.1 Å². The number of rotatable bonds is 17. The number of carbonyl (C=O) groups excluding carboxylic acids is 3. The molecule has 10 heteroatoms. The van der Waals surface area contributed by atoms with Gasteiger partial charge in [-0.3, -0.25) is 14.4 Å². The summed E-state index contributed by atoms with van der Waals surface area (Å²) in [6, 6.07) is 7.16. The second-order valence-electron chi connectivity index (χ2n) is 9.84. The number of benzene rings is 2. The summed E-state index contributed by atoms with van der Waals surface area (Å²) in [7, 11) is -4.46. The van der Waals surface area contributed by atoms with Gasteiger partial charge >= 0.3 is 5.97 Å². The average Bonchev–Trinajstić information content (AvgIpc) is 2.85. The van der Waals surface area contributed by atoms with Crippen molar-refractivity contribution in [2.45, 2.75) is 41.5 Å². The van der Waals surface area contributed by atoms with E-state index in [2.05, 4.69) is 0 Å². The highest BCUT2D eigenvalue weighted by Gasteiger charge is 2.45. The third-order valence-corrected chi connectivity index (χ3v) is 8.72. The monoisotopic (exact) mass is 576 g/mol. The molecule has 220 valence electrons. The van der Waals surface area contributed by atoms with Gasteiger partial charge in [-0.2, -0.15) is 0 Å². The van der Waals surface area contributed by atoms with E-state index in [1.54, 1.807) is 52.0 Å². The highest BCUT2D eigenvalue weighted by atomic mass is 31.2. The Bertz CT molecular complexity index is 1130. The molecule has 40 heavy (non-hydrogen) atoms. The quantitative estimate of drug-likeness (QED) is 0.165. The summed E-state index contributed by atoms with van der Waals surface area (Å²) >= 11 is 0. The van der Waals surface area contributed by atoms with E-state index in [0.717, 1.165) is 11.1 Å². The highest BCUT2D eigenvalue weighted by Crippen LogP contribution is 2.53. The van der Waals surface area contributed by atoms with Crippen molar-refractivity contribution in [2.24, 2.45) is 0 Å². The first-order chi connectivity index (χ1) is 18.9. The minimum atomic E-state index is -4.46. The van der Waals surface area contributed by atoms with Crippen molar-refractivity contribution < 1.29 is 43.0 Å². The third kappa shape index (κ3) is 9.18. The van der Waals surface area contributed by atoms with Crippen molar-refractivity contribution in [3.63, 3.8) is 0 Å². The molecule has 0 atom stereocenters. The van der Waals surface area contributed by atoms with Crippen LogP contribution in [0.25, 0.3) is 0 Å². The summed E-state index contributed by atoms with van der Waals surface area (Å²) in [6.07, 6.45) is -0.832. The Morgan fingerprint density at radius 2 is 0.975 bits per heavy atom. The van der Waals surface area contributed by atoms with Crippen LogP contribution >= 0.6 is 7.14 Å². The van der Waals surface area contributed by atoms with Gasteiger partial charge in [-0.25, -0.2) is 0 Å². The fourth-order valence-electron chi connectivity index (χ4n) is 4.68. The minimum Gasteiger partial charge on any atom is -0.463 e. The average molecular weight is 577 g/mol. The summed E-state index contributed by atoms with van der Waals surface area (Å²) in [6.45, 7) is 12.1. The van der Waals surface area contributed by atoms with E-state index in [1.165, 1.54) is 0 Å². The molecular formula is C30H41O9P. The van der Waals surface area contributed by atoms with E-state index in [1.807, 2.05) is 13.8 Å². The second kappa shape index (κ2) is 15.9. The van der Waals surface area contributed by atoms with E-state index in [0.29, 0.717) is 42.1 Å². The van der Waals surface area contributed by atoms with Gasteiger partial charge in [0, 0.05) is 11.1 Å². The molecule has 0 aliphatic rings. The zero-order valence-corrected chi connectivity index (χ0v) is 25.2. The lowest BCUT2D eigenvalue weighted by atomic mass is 10.0. The number of aliphatic hydroxyl groups is 1. The molecule has 0 aliphatic carbocycles. The Morgan fingerprint density at radius 3 is 1.35 bits per heavy atom. The van der Waals surface area contributed by atoms with Gasteiger partial charge in [0.15, 0.2) is 0 Å². The molecule has 0 radical (unpaired) electrons. The first kappa shape index (κ1) is 33.5. The van der Waals surface area contributed by atoms with E-state index < -0.39 is 30.3 Å². The molecule has 2 aromatic carbocycles. The van der Waals surface area contributed by atoms with Crippen LogP contribution in [0.4, 0.5) is 0 Å². The number of carbonyl (C=O) groups is 3. The second-order valence-corrected chi connectivity index (χ2v) is 12.4. The summed E-state index contributed by atoms with van der Waals surface area (Å²) in [4.78, 5) is 40.6. The maximum atomic E-state index is 14.4. The molecule has 0 saturated heterocycles. The van der Waals surface area contributed by atoms with Gasteiger partial charge in [0.1, 0.15) is 12.8 Å². The summed E-state index contributed by atoms with van der Waals surface area (Å²) in [5.74, 6) is -0.907. The van der Waals surface area contributed by atoms with Gasteiger partial charge in [0.05, 0.1) is 46.2 Å². The maximum Gasteiger partial charge on any atom is 0.314 e. The predicted molar refractivity (Wildman–Crippen MR) is 153 cm³/mol. The molecule has 2 rings (SSSR count). The van der Waals surface area contributed by atoms with E-state index in [9.17, 15) is 18.9 Å². The van der Waals surface area contributed by atoms with Crippen molar-refractivity contribution in [3.8, 4) is 0 Å². The molecule has 0 heterocycles. The van der Waals surface area contributed by atoms with Crippen LogP contribution in [0.5, 0.6) is 0 Å². The Morgan fingerprint density at radius 1 is 0.625 bits per heavy atom. The number of hydrogen-bond acceptors (Lipinski definition) is 9. The van der Waals surface area contributed by atoms with Crippen molar-refractivity contribution in [1.82, 2.24) is 0 Å². The third-order valence-electron chi connectivity index (χ3n) is 6.26. The topological polar surface area (TPSA) is 125 Å². The van der Waals surface area contributed by atoms with E-state index in [-0.39, 0.29) is 44.2 Å². The first-order valence-corrected chi connectivity index (χ1v) is 15.2. The highest BCUT2D eigenvalue weighted by molar-refractivity contribution is 7.96. The number of aryl methyl sites for hydroxylation is 6. The van der Waals surface area contributed by atoms with Crippen LogP contribution in [0.3, 0.4) is 0 Å². The summed E-state index contributed by atoms with van der Waals surface area (Å²) < 4.78 is 35.4. The molecule has 0 aromatic heterocycles. The zero-order valence-electron chi connectivity index (χ0n) is 24.3. The SMILES string of the molecule is Cc1cc(C)c(C(=O)P(=O)(CC(=O)OCCOCCOCCOCCO)C(=O)c2c(C)cc(C)cc2C)c(C)c1. The standard InChI is InChI=1S/C30H41O9P/c1-20-15-22(3)27(23(4)16-20)29(33)40(35,30(34)28-24(5)17-21(2)18-25(28)6)19-26(32)39-14-13-38-12-11-37-10-9-36-8-7-31/h15-18,31H,7-14,19H2,1-6H3. The van der Waals surface area contributed by atoms with Crippen molar-refractivity contribution in [1.29, 1.82) is 0 Å². The van der Waals surface area contributed by atoms with Crippen molar-refractivity contribution in [3.05, 3.63) is 68.8 Å². The van der Waals surface area contributed by atoms with Crippen LogP contribution < -0.4 is 0 Å². The lowest BCUT2D eigenvalue weighted by Crippen LogP contribution is -2.23. The molecular weight excluding hydrogens is 535 g/mol. The first-order valence-electron chi connectivity index (χ1n) is 13.3. The molecule has 0 fully saturated rings. The van der Waals surface area contributed by atoms with Gasteiger partial charge in [0.2, 0.25) is 18.2 Å². The zero-order chi connectivity index (χ0) is 29.9. The predicted octanol–water partition coefficient (Wildman–Crippen LogP) is 4.47. The fourth-order valence-corrected chi connectivity index (χ4v) is 7.03. The van der Waals surface area contributed by atoms with Gasteiger partial charge in [-0.05, 0) is 63.8 Å². The van der Waals surface area contributed by atoms with Crippen LogP contribution in [0.15, 0.2) is 24.3 Å². The molecule has 0 bridgehead atoms. The largest absolute Gasteiger partial charge is 0.463 e. The summed E-state index contributed by atoms with van der Waals surface area (Å²) in [5.41, 5.74) is 2.96. The Balaban J connectivity index is 2.14. The summed E-state index contributed by atoms with van der Waals surface area (Å²) in [5, 5.41) is 8.64. The Hall–Kier alpha value is -2.68. The fraction of sp³-hybridized carbons (Fsp3) is 0.500. The smallest absolute Gasteiger partial charge is 0.314 e. The van der Waals surface area contributed by atoms with Crippen molar-refractivity contribution >= 4 is 24.2 Å². The lowest BCUT2D eigenvalue weighted by Gasteiger charge is -2.20. The van der Waals surface area contributed by atoms with Crippen LogP contribution in [-0.4, -0.2) is 81.1 Å². The molecule has 0 unspecified atom stereocenters. The van der Waals surface area contributed by atoms with Crippen LogP contribution in [0.1, 0.15) is 54.1 Å². The van der Waals surface area contributed by atoms with Gasteiger partial charge in [0.25, 0.3) is 0 Å². The lowest BCUT2D eigenvalue weighted by molar-refractivity contribution is -0.142. The molecule has 1 N–H and O–H groups in total. The molecule has 2 aromatic rings. The van der Waals surface area contributed by atoms with Gasteiger partial charge in [-0.1, -0.05) is 35.4 Å². The molecule has 0 amide bonds. The number of esters is 1.